The van der Waals surface area contributed by atoms with Crippen molar-refractivity contribution in [1.29, 1.82) is 0 Å². The Morgan fingerprint density at radius 1 is 1.03 bits per heavy atom. The van der Waals surface area contributed by atoms with Gasteiger partial charge in [-0.15, -0.1) is 11.3 Å². The maximum atomic E-state index is 11.5. The SMILES string of the molecule is Cc1ccc(C)c(C=Nn2c(-c3cc4ccccc4o3)csc2=Nc2ccccc2[N+](=O)[O-])c1. The summed E-state index contributed by atoms with van der Waals surface area (Å²) in [5.41, 5.74) is 4.88. The van der Waals surface area contributed by atoms with Crippen molar-refractivity contribution in [2.75, 3.05) is 0 Å². The second-order valence-electron chi connectivity index (χ2n) is 7.83. The van der Waals surface area contributed by atoms with Gasteiger partial charge in [-0.25, -0.2) is 9.67 Å². The Kier molecular flexibility index (Phi) is 5.65. The lowest BCUT2D eigenvalue weighted by Crippen LogP contribution is -2.11. The lowest BCUT2D eigenvalue weighted by atomic mass is 10.1. The van der Waals surface area contributed by atoms with Crippen molar-refractivity contribution in [2.24, 2.45) is 10.1 Å². The number of hydrogen-bond acceptors (Lipinski definition) is 6. The number of nitrogens with zero attached hydrogens (tertiary/aromatic N) is 4. The number of nitro benzene ring substituents is 1. The Bertz CT molecular complexity index is 1590. The van der Waals surface area contributed by atoms with Crippen LogP contribution in [-0.2, 0) is 0 Å². The van der Waals surface area contributed by atoms with Crippen LogP contribution in [0.1, 0.15) is 16.7 Å². The molecular formula is C26H20N4O3S. The van der Waals surface area contributed by atoms with E-state index in [9.17, 15) is 10.1 Å². The topological polar surface area (TPSA) is 85.9 Å². The number of benzene rings is 3. The molecular weight excluding hydrogens is 448 g/mol. The van der Waals surface area contributed by atoms with Gasteiger partial charge in [0.25, 0.3) is 5.69 Å². The molecule has 0 spiro atoms. The molecule has 5 rings (SSSR count). The normalized spacial score (nSPS) is 12.1. The highest BCUT2D eigenvalue weighted by molar-refractivity contribution is 7.07. The summed E-state index contributed by atoms with van der Waals surface area (Å²) in [5.74, 6) is 0.638. The van der Waals surface area contributed by atoms with E-state index >= 15 is 0 Å². The molecule has 8 heteroatoms. The first-order valence-corrected chi connectivity index (χ1v) is 11.5. The number of aromatic nitrogens is 1. The summed E-state index contributed by atoms with van der Waals surface area (Å²) in [6.45, 7) is 4.06. The van der Waals surface area contributed by atoms with Gasteiger partial charge in [-0.1, -0.05) is 54.1 Å². The van der Waals surface area contributed by atoms with Crippen molar-refractivity contribution in [3.05, 3.63) is 110 Å². The van der Waals surface area contributed by atoms with Crippen LogP contribution < -0.4 is 4.80 Å². The van der Waals surface area contributed by atoms with Gasteiger partial charge in [-0.2, -0.15) is 5.10 Å². The van der Waals surface area contributed by atoms with E-state index in [4.69, 9.17) is 9.52 Å². The lowest BCUT2D eigenvalue weighted by Gasteiger charge is -2.03. The van der Waals surface area contributed by atoms with Crippen LogP contribution in [0.15, 0.2) is 92.7 Å². The van der Waals surface area contributed by atoms with E-state index < -0.39 is 4.92 Å². The first kappa shape index (κ1) is 21.5. The molecule has 0 saturated carbocycles. The fraction of sp³-hybridized carbons (Fsp3) is 0.0769. The third kappa shape index (κ3) is 4.18. The largest absolute Gasteiger partial charge is 0.454 e. The molecule has 0 aliphatic heterocycles. The van der Waals surface area contributed by atoms with Crippen molar-refractivity contribution in [1.82, 2.24) is 4.68 Å². The summed E-state index contributed by atoms with van der Waals surface area (Å²) in [6.07, 6.45) is 1.78. The fourth-order valence-corrected chi connectivity index (χ4v) is 4.43. The van der Waals surface area contributed by atoms with Crippen LogP contribution in [0.2, 0.25) is 0 Å². The molecule has 0 bridgehead atoms. The number of rotatable bonds is 5. The van der Waals surface area contributed by atoms with Gasteiger partial charge in [-0.05, 0) is 43.2 Å². The molecule has 3 aromatic carbocycles. The average molecular weight is 469 g/mol. The molecule has 34 heavy (non-hydrogen) atoms. The Balaban J connectivity index is 1.70. The number of aryl methyl sites for hydroxylation is 2. The van der Waals surface area contributed by atoms with Crippen LogP contribution in [0.4, 0.5) is 11.4 Å². The number of nitro groups is 1. The number of para-hydroxylation sites is 3. The predicted octanol–water partition coefficient (Wildman–Crippen LogP) is 6.60. The molecule has 0 amide bonds. The van der Waals surface area contributed by atoms with E-state index in [1.165, 1.54) is 17.4 Å². The molecule has 0 aliphatic rings. The van der Waals surface area contributed by atoms with Gasteiger partial charge < -0.3 is 4.42 Å². The van der Waals surface area contributed by atoms with Crippen LogP contribution in [0.3, 0.4) is 0 Å². The van der Waals surface area contributed by atoms with Crippen LogP contribution >= 0.6 is 11.3 Å². The van der Waals surface area contributed by atoms with Gasteiger partial charge in [0.05, 0.1) is 11.1 Å². The summed E-state index contributed by atoms with van der Waals surface area (Å²) in [4.78, 5) is 16.2. The molecule has 0 radical (unpaired) electrons. The second-order valence-corrected chi connectivity index (χ2v) is 8.66. The number of furan rings is 1. The highest BCUT2D eigenvalue weighted by atomic mass is 32.1. The molecule has 0 fully saturated rings. The number of thiazole rings is 1. The van der Waals surface area contributed by atoms with Crippen LogP contribution in [0, 0.1) is 24.0 Å². The Morgan fingerprint density at radius 2 is 1.82 bits per heavy atom. The minimum atomic E-state index is -0.434. The lowest BCUT2D eigenvalue weighted by molar-refractivity contribution is -0.384. The van der Waals surface area contributed by atoms with Gasteiger partial charge in [0.1, 0.15) is 17.0 Å². The summed E-state index contributed by atoms with van der Waals surface area (Å²) in [7, 11) is 0. The first-order chi connectivity index (χ1) is 16.5. The van der Waals surface area contributed by atoms with Gasteiger partial charge in [0, 0.05) is 16.8 Å². The summed E-state index contributed by atoms with van der Waals surface area (Å²) >= 11 is 1.34. The molecule has 2 aromatic heterocycles. The Labute approximate surface area is 199 Å². The van der Waals surface area contributed by atoms with Crippen molar-refractivity contribution in [2.45, 2.75) is 13.8 Å². The zero-order valence-corrected chi connectivity index (χ0v) is 19.3. The molecule has 0 atom stereocenters. The van der Waals surface area contributed by atoms with E-state index in [0.29, 0.717) is 16.3 Å². The van der Waals surface area contributed by atoms with E-state index in [0.717, 1.165) is 27.7 Å². The van der Waals surface area contributed by atoms with E-state index in [1.54, 1.807) is 29.1 Å². The number of fused-ring (bicyclic) bond motifs is 1. The summed E-state index contributed by atoms with van der Waals surface area (Å²) in [6, 6.07) is 22.3. The van der Waals surface area contributed by atoms with E-state index in [1.807, 2.05) is 55.6 Å². The van der Waals surface area contributed by atoms with Gasteiger partial charge in [-0.3, -0.25) is 10.1 Å². The Morgan fingerprint density at radius 3 is 2.65 bits per heavy atom. The van der Waals surface area contributed by atoms with Gasteiger partial charge >= 0.3 is 0 Å². The zero-order valence-electron chi connectivity index (χ0n) is 18.5. The molecule has 0 N–H and O–H groups in total. The van der Waals surface area contributed by atoms with E-state index in [-0.39, 0.29) is 11.4 Å². The van der Waals surface area contributed by atoms with Crippen LogP contribution in [-0.4, -0.2) is 15.8 Å². The molecule has 5 aromatic rings. The highest BCUT2D eigenvalue weighted by Gasteiger charge is 2.15. The number of hydrogen-bond donors (Lipinski definition) is 0. The maximum absolute atomic E-state index is 11.5. The van der Waals surface area contributed by atoms with Crippen molar-refractivity contribution in [3.8, 4) is 11.5 Å². The first-order valence-electron chi connectivity index (χ1n) is 10.6. The minimum Gasteiger partial charge on any atom is -0.454 e. The monoisotopic (exact) mass is 468 g/mol. The molecule has 0 saturated heterocycles. The fourth-order valence-electron chi connectivity index (χ4n) is 3.60. The third-order valence-corrected chi connectivity index (χ3v) is 6.22. The summed E-state index contributed by atoms with van der Waals surface area (Å²) < 4.78 is 7.74. The highest BCUT2D eigenvalue weighted by Crippen LogP contribution is 2.29. The van der Waals surface area contributed by atoms with Crippen molar-refractivity contribution in [3.63, 3.8) is 0 Å². The zero-order chi connectivity index (χ0) is 23.7. The average Bonchev–Trinajstić information content (AvgIpc) is 3.43. The smallest absolute Gasteiger partial charge is 0.294 e. The van der Waals surface area contributed by atoms with Crippen molar-refractivity contribution < 1.29 is 9.34 Å². The van der Waals surface area contributed by atoms with Gasteiger partial charge in [0.15, 0.2) is 5.76 Å². The Hall–Kier alpha value is -4.30. The van der Waals surface area contributed by atoms with Crippen LogP contribution in [0.5, 0.6) is 0 Å². The van der Waals surface area contributed by atoms with E-state index in [2.05, 4.69) is 17.1 Å². The molecule has 7 nitrogen and oxygen atoms in total. The molecule has 0 unspecified atom stereocenters. The third-order valence-electron chi connectivity index (χ3n) is 5.40. The molecule has 0 aliphatic carbocycles. The van der Waals surface area contributed by atoms with Gasteiger partial charge in [0.2, 0.25) is 4.80 Å². The standard InChI is InChI=1S/C26H20N4O3S/c1-17-11-12-18(2)20(13-17)15-27-29-23(25-14-19-7-3-6-10-24(19)33-25)16-34-26(29)28-21-8-4-5-9-22(21)30(31)32/h3-16H,1-2H3. The molecule has 2 heterocycles. The van der Waals surface area contributed by atoms with Crippen LogP contribution in [0.25, 0.3) is 22.4 Å². The second kappa shape index (κ2) is 8.92. The van der Waals surface area contributed by atoms with Crippen molar-refractivity contribution >= 4 is 39.9 Å². The minimum absolute atomic E-state index is 0.0637. The quantitative estimate of drug-likeness (QED) is 0.165. The summed E-state index contributed by atoms with van der Waals surface area (Å²) in [5, 5.41) is 19.1. The maximum Gasteiger partial charge on any atom is 0.294 e. The molecule has 168 valence electrons. The predicted molar refractivity (Wildman–Crippen MR) is 135 cm³/mol.